The Morgan fingerprint density at radius 2 is 1.81 bits per heavy atom. The predicted molar refractivity (Wildman–Crippen MR) is 90.0 cm³/mol. The summed E-state index contributed by atoms with van der Waals surface area (Å²) < 4.78 is 82.0. The van der Waals surface area contributed by atoms with Crippen LogP contribution < -0.4 is 0 Å². The van der Waals surface area contributed by atoms with Crippen molar-refractivity contribution < 1.29 is 26.0 Å². The van der Waals surface area contributed by atoms with Gasteiger partial charge in [-0.15, -0.1) is 0 Å². The molecule has 0 saturated carbocycles. The highest BCUT2D eigenvalue weighted by molar-refractivity contribution is 7.89. The maximum absolute atomic E-state index is 13.8. The Labute approximate surface area is 152 Å². The van der Waals surface area contributed by atoms with Crippen LogP contribution in [0.4, 0.5) is 17.6 Å². The van der Waals surface area contributed by atoms with Crippen molar-refractivity contribution in [2.24, 2.45) is 0 Å². The normalized spacial score (nSPS) is 14.0. The van der Waals surface area contributed by atoms with E-state index in [2.05, 4.69) is 4.98 Å². The Bertz CT molecular complexity index is 1010. The summed E-state index contributed by atoms with van der Waals surface area (Å²) in [5, 5.41) is -0.494. The molecule has 0 radical (unpaired) electrons. The van der Waals surface area contributed by atoms with E-state index in [1.807, 2.05) is 0 Å². The molecule has 0 amide bonds. The predicted octanol–water partition coefficient (Wildman–Crippen LogP) is 3.79. The van der Waals surface area contributed by atoms with Crippen molar-refractivity contribution >= 4 is 15.7 Å². The molecule has 1 unspecified atom stereocenters. The number of pyridine rings is 1. The molecule has 0 spiro atoms. The summed E-state index contributed by atoms with van der Waals surface area (Å²) in [6, 6.07) is 5.92. The number of hydrogen-bond acceptors (Lipinski definition) is 3. The van der Waals surface area contributed by atoms with Crippen LogP contribution in [0.2, 0.25) is 0 Å². The molecular formula is C17H15F4N3O2S. The second kappa shape index (κ2) is 6.93. The Kier molecular flexibility index (Phi) is 4.96. The largest absolute Gasteiger partial charge is 0.409 e. The highest BCUT2D eigenvalue weighted by Crippen LogP contribution is 2.40. The number of alkyl halides is 3. The molecule has 0 N–H and O–H groups in total. The van der Waals surface area contributed by atoms with Crippen molar-refractivity contribution in [2.45, 2.75) is 24.2 Å². The first-order valence-electron chi connectivity index (χ1n) is 7.92. The second-order valence-corrected chi connectivity index (χ2v) is 7.59. The van der Waals surface area contributed by atoms with Gasteiger partial charge in [-0.3, -0.25) is 0 Å². The molecule has 1 atom stereocenters. The topological polar surface area (TPSA) is 54.7 Å². The number of rotatable bonds is 5. The SMILES string of the molecule is CCN(C(c1ccc(F)cc1)C(F)(F)F)S(=O)(=O)c1cn2ccccc2n1. The quantitative estimate of drug-likeness (QED) is 0.612. The van der Waals surface area contributed by atoms with E-state index in [1.165, 1.54) is 17.4 Å². The lowest BCUT2D eigenvalue weighted by Crippen LogP contribution is -2.42. The molecule has 0 aliphatic heterocycles. The smallest absolute Gasteiger partial charge is 0.306 e. The van der Waals surface area contributed by atoms with Crippen LogP contribution in [0.25, 0.3) is 5.65 Å². The van der Waals surface area contributed by atoms with Gasteiger partial charge >= 0.3 is 6.18 Å². The van der Waals surface area contributed by atoms with Crippen LogP contribution in [0, 0.1) is 5.82 Å². The Balaban J connectivity index is 2.12. The molecule has 1 aromatic carbocycles. The zero-order chi connectivity index (χ0) is 19.8. The van der Waals surface area contributed by atoms with Crippen LogP contribution in [0.15, 0.2) is 59.9 Å². The number of fused-ring (bicyclic) bond motifs is 1. The fraction of sp³-hybridized carbons (Fsp3) is 0.235. The standard InChI is InChI=1S/C17H15F4N3O2S/c1-2-24(16(17(19,20)21)12-6-8-13(18)9-7-12)27(25,26)15-11-23-10-4-3-5-14(23)22-15/h3-11,16H,2H2,1H3. The van der Waals surface area contributed by atoms with Crippen molar-refractivity contribution in [3.8, 4) is 0 Å². The van der Waals surface area contributed by atoms with E-state index in [9.17, 15) is 26.0 Å². The average Bonchev–Trinajstić information content (AvgIpc) is 3.04. The molecule has 0 aliphatic rings. The fourth-order valence-electron chi connectivity index (χ4n) is 2.81. The van der Waals surface area contributed by atoms with Crippen LogP contribution in [0.3, 0.4) is 0 Å². The molecule has 144 valence electrons. The maximum atomic E-state index is 13.8. The van der Waals surface area contributed by atoms with Crippen molar-refractivity contribution in [1.29, 1.82) is 0 Å². The zero-order valence-corrected chi connectivity index (χ0v) is 14.9. The van der Waals surface area contributed by atoms with E-state index in [0.717, 1.165) is 30.5 Å². The third-order valence-corrected chi connectivity index (χ3v) is 5.82. The molecule has 0 aliphatic carbocycles. The van der Waals surface area contributed by atoms with Gasteiger partial charge in [0.15, 0.2) is 5.03 Å². The maximum Gasteiger partial charge on any atom is 0.409 e. The van der Waals surface area contributed by atoms with Crippen LogP contribution in [0.1, 0.15) is 18.5 Å². The van der Waals surface area contributed by atoms with Gasteiger partial charge in [0.05, 0.1) is 0 Å². The lowest BCUT2D eigenvalue weighted by Gasteiger charge is -2.31. The highest BCUT2D eigenvalue weighted by atomic mass is 32.2. The molecule has 2 heterocycles. The molecule has 5 nitrogen and oxygen atoms in total. The number of benzene rings is 1. The van der Waals surface area contributed by atoms with Crippen LogP contribution in [-0.4, -0.2) is 34.8 Å². The van der Waals surface area contributed by atoms with Crippen LogP contribution in [-0.2, 0) is 10.0 Å². The molecular weight excluding hydrogens is 386 g/mol. The lowest BCUT2D eigenvalue weighted by molar-refractivity contribution is -0.173. The van der Waals surface area contributed by atoms with Crippen molar-refractivity contribution in [3.05, 3.63) is 66.2 Å². The number of hydrogen-bond donors (Lipinski definition) is 0. The molecule has 0 bridgehead atoms. The van der Waals surface area contributed by atoms with E-state index < -0.39 is 39.6 Å². The monoisotopic (exact) mass is 401 g/mol. The molecule has 27 heavy (non-hydrogen) atoms. The highest BCUT2D eigenvalue weighted by Gasteiger charge is 2.49. The molecule has 0 saturated heterocycles. The number of halogens is 4. The zero-order valence-electron chi connectivity index (χ0n) is 14.1. The van der Waals surface area contributed by atoms with E-state index in [0.29, 0.717) is 4.31 Å². The summed E-state index contributed by atoms with van der Waals surface area (Å²) in [4.78, 5) is 3.93. The molecule has 2 aromatic heterocycles. The lowest BCUT2D eigenvalue weighted by atomic mass is 10.1. The van der Waals surface area contributed by atoms with Crippen LogP contribution >= 0.6 is 0 Å². The fourth-order valence-corrected chi connectivity index (χ4v) is 4.37. The van der Waals surface area contributed by atoms with Gasteiger partial charge in [0.1, 0.15) is 17.5 Å². The molecule has 3 rings (SSSR count). The van der Waals surface area contributed by atoms with Gasteiger partial charge in [-0.05, 0) is 29.8 Å². The van der Waals surface area contributed by atoms with E-state index in [-0.39, 0.29) is 11.2 Å². The van der Waals surface area contributed by atoms with Crippen molar-refractivity contribution in [2.75, 3.05) is 6.54 Å². The third-order valence-electron chi connectivity index (χ3n) is 4.01. The van der Waals surface area contributed by atoms with Gasteiger partial charge in [0.25, 0.3) is 10.0 Å². The second-order valence-electron chi connectivity index (χ2n) is 5.75. The number of nitrogens with zero attached hydrogens (tertiary/aromatic N) is 3. The minimum absolute atomic E-state index is 0.289. The number of sulfonamides is 1. The Hall–Kier alpha value is -2.46. The van der Waals surface area contributed by atoms with Crippen LogP contribution in [0.5, 0.6) is 0 Å². The first kappa shape index (κ1) is 19.3. The molecule has 3 aromatic rings. The first-order valence-corrected chi connectivity index (χ1v) is 9.36. The van der Waals surface area contributed by atoms with Crippen molar-refractivity contribution in [1.82, 2.24) is 13.7 Å². The number of imidazole rings is 1. The summed E-state index contributed by atoms with van der Waals surface area (Å²) in [7, 11) is -4.57. The van der Waals surface area contributed by atoms with Crippen molar-refractivity contribution in [3.63, 3.8) is 0 Å². The summed E-state index contributed by atoms with van der Waals surface area (Å²) in [6.45, 7) is 0.855. The van der Waals surface area contributed by atoms with Gasteiger partial charge in [-0.25, -0.2) is 17.8 Å². The van der Waals surface area contributed by atoms with Gasteiger partial charge in [0.2, 0.25) is 0 Å². The molecule has 0 fully saturated rings. The Morgan fingerprint density at radius 1 is 1.15 bits per heavy atom. The third kappa shape index (κ3) is 3.67. The minimum atomic E-state index is -4.90. The molecule has 10 heteroatoms. The average molecular weight is 401 g/mol. The summed E-state index contributed by atoms with van der Waals surface area (Å²) >= 11 is 0. The number of aromatic nitrogens is 2. The van der Waals surface area contributed by atoms with E-state index >= 15 is 0 Å². The van der Waals surface area contributed by atoms with Gasteiger partial charge in [-0.2, -0.15) is 17.5 Å². The Morgan fingerprint density at radius 3 is 2.37 bits per heavy atom. The van der Waals surface area contributed by atoms with Gasteiger partial charge < -0.3 is 4.40 Å². The first-order chi connectivity index (χ1) is 12.6. The van der Waals surface area contributed by atoms with Gasteiger partial charge in [-0.1, -0.05) is 25.1 Å². The summed E-state index contributed by atoms with van der Waals surface area (Å²) in [6.07, 6.45) is -2.20. The summed E-state index contributed by atoms with van der Waals surface area (Å²) in [5.74, 6) is -0.717. The van der Waals surface area contributed by atoms with E-state index in [4.69, 9.17) is 0 Å². The van der Waals surface area contributed by atoms with Gasteiger partial charge in [0, 0.05) is 18.9 Å². The van der Waals surface area contributed by atoms with E-state index in [1.54, 1.807) is 18.3 Å². The summed E-state index contributed by atoms with van der Waals surface area (Å²) in [5.41, 5.74) is -0.0874. The minimum Gasteiger partial charge on any atom is -0.306 e.